The minimum absolute atomic E-state index is 0.214. The number of carbonyl (C=O) groups excluding carboxylic acids is 1. The summed E-state index contributed by atoms with van der Waals surface area (Å²) in [5.74, 6) is 0.437. The van der Waals surface area contributed by atoms with Crippen molar-refractivity contribution in [2.45, 2.75) is 76.0 Å². The molecule has 9 nitrogen and oxygen atoms in total. The van der Waals surface area contributed by atoms with E-state index in [1.807, 2.05) is 6.92 Å². The fraction of sp³-hybridized carbons (Fsp3) is 0.667. The second kappa shape index (κ2) is 7.49. The number of fused-ring (bicyclic) bond motifs is 1. The molecule has 0 radical (unpaired) electrons. The Kier molecular flexibility index (Phi) is 5.07. The van der Waals surface area contributed by atoms with Crippen LogP contribution in [0.25, 0.3) is 11.2 Å². The van der Waals surface area contributed by atoms with Gasteiger partial charge < -0.3 is 20.3 Å². The zero-order chi connectivity index (χ0) is 19.0. The number of imidazole rings is 1. The van der Waals surface area contributed by atoms with Crippen molar-refractivity contribution in [3.8, 4) is 0 Å². The van der Waals surface area contributed by atoms with E-state index in [1.165, 1.54) is 25.5 Å². The van der Waals surface area contributed by atoms with Crippen molar-refractivity contribution in [3.05, 3.63) is 12.7 Å². The van der Waals surface area contributed by atoms with Crippen LogP contribution >= 0.6 is 0 Å². The van der Waals surface area contributed by atoms with Gasteiger partial charge in [0.05, 0.1) is 6.33 Å². The van der Waals surface area contributed by atoms with Gasteiger partial charge in [-0.05, 0) is 19.3 Å². The first-order chi connectivity index (χ1) is 13.1. The van der Waals surface area contributed by atoms with Crippen molar-refractivity contribution in [1.82, 2.24) is 19.5 Å². The Morgan fingerprint density at radius 3 is 2.78 bits per heavy atom. The average molecular weight is 375 g/mol. The number of carbonyl (C=O) groups is 1. The molecule has 27 heavy (non-hydrogen) atoms. The molecule has 3 heterocycles. The molecule has 0 aromatic carbocycles. The first kappa shape index (κ1) is 18.3. The van der Waals surface area contributed by atoms with Gasteiger partial charge in [0, 0.05) is 12.5 Å². The lowest BCUT2D eigenvalue weighted by Crippen LogP contribution is -2.35. The molecule has 2 aromatic heterocycles. The summed E-state index contributed by atoms with van der Waals surface area (Å²) >= 11 is 0. The van der Waals surface area contributed by atoms with E-state index in [4.69, 9.17) is 4.74 Å². The molecule has 2 fully saturated rings. The van der Waals surface area contributed by atoms with E-state index in [-0.39, 0.29) is 5.78 Å². The molecular weight excluding hydrogens is 350 g/mol. The molecule has 4 rings (SSSR count). The number of aliphatic hydroxyl groups is 2. The van der Waals surface area contributed by atoms with Crippen molar-refractivity contribution < 1.29 is 19.7 Å². The second-order valence-electron chi connectivity index (χ2n) is 7.32. The van der Waals surface area contributed by atoms with Crippen LogP contribution in [-0.4, -0.2) is 59.9 Å². The van der Waals surface area contributed by atoms with Crippen molar-refractivity contribution in [1.29, 1.82) is 0 Å². The molecule has 0 amide bonds. The van der Waals surface area contributed by atoms with Gasteiger partial charge in [-0.3, -0.25) is 9.36 Å². The maximum Gasteiger partial charge on any atom is 0.167 e. The van der Waals surface area contributed by atoms with Crippen LogP contribution in [0.3, 0.4) is 0 Å². The van der Waals surface area contributed by atoms with Crippen LogP contribution in [0, 0.1) is 0 Å². The third-order valence-electron chi connectivity index (χ3n) is 5.38. The topological polar surface area (TPSA) is 122 Å². The number of hydrogen-bond acceptors (Lipinski definition) is 8. The number of aliphatic hydroxyl groups excluding tert-OH is 2. The maximum absolute atomic E-state index is 12.2. The molecule has 4 atom stereocenters. The first-order valence-electron chi connectivity index (χ1n) is 9.58. The highest BCUT2D eigenvalue weighted by atomic mass is 16.6. The normalized spacial score (nSPS) is 28.9. The van der Waals surface area contributed by atoms with Gasteiger partial charge in [0.25, 0.3) is 0 Å². The minimum Gasteiger partial charge on any atom is -0.387 e. The Bertz CT molecular complexity index is 819. The van der Waals surface area contributed by atoms with Crippen molar-refractivity contribution in [2.75, 3.05) is 5.32 Å². The molecule has 0 unspecified atom stereocenters. The molecule has 146 valence electrons. The summed E-state index contributed by atoms with van der Waals surface area (Å²) in [6, 6.07) is 0.374. The van der Waals surface area contributed by atoms with Gasteiger partial charge in [-0.15, -0.1) is 0 Å². The number of Topliss-reactive ketones (excluding diaryl/α,β-unsaturated/α-hetero) is 1. The summed E-state index contributed by atoms with van der Waals surface area (Å²) in [5.41, 5.74) is 1.07. The quantitative estimate of drug-likeness (QED) is 0.688. The lowest BCUT2D eigenvalue weighted by atomic mass is 10.0. The molecular formula is C18H25N5O4. The van der Waals surface area contributed by atoms with E-state index in [9.17, 15) is 15.0 Å². The smallest absolute Gasteiger partial charge is 0.167 e. The van der Waals surface area contributed by atoms with E-state index >= 15 is 0 Å². The molecule has 2 aromatic rings. The number of rotatable bonds is 6. The Hall–Kier alpha value is -2.10. The van der Waals surface area contributed by atoms with E-state index < -0.39 is 24.5 Å². The molecule has 3 N–H and O–H groups in total. The summed E-state index contributed by atoms with van der Waals surface area (Å²) in [6.45, 7) is 1.88. The average Bonchev–Trinajstić information content (AvgIpc) is 3.37. The highest BCUT2D eigenvalue weighted by Crippen LogP contribution is 2.33. The number of nitrogens with one attached hydrogen (secondary N) is 1. The molecule has 0 spiro atoms. The van der Waals surface area contributed by atoms with Crippen molar-refractivity contribution in [2.24, 2.45) is 0 Å². The van der Waals surface area contributed by atoms with E-state index in [2.05, 4.69) is 20.3 Å². The van der Waals surface area contributed by atoms with Crippen LogP contribution in [0.4, 0.5) is 5.82 Å². The fourth-order valence-electron chi connectivity index (χ4n) is 3.95. The molecule has 1 aliphatic carbocycles. The Balaban J connectivity index is 1.61. The number of ketones is 1. The van der Waals surface area contributed by atoms with Crippen LogP contribution in [0.2, 0.25) is 0 Å². The van der Waals surface area contributed by atoms with E-state index in [1.54, 1.807) is 4.57 Å². The summed E-state index contributed by atoms with van der Waals surface area (Å²) < 4.78 is 7.28. The predicted molar refractivity (Wildman–Crippen MR) is 97.0 cm³/mol. The van der Waals surface area contributed by atoms with Gasteiger partial charge in [-0.1, -0.05) is 19.8 Å². The van der Waals surface area contributed by atoms with Crippen LogP contribution in [0.15, 0.2) is 12.7 Å². The molecule has 1 aliphatic heterocycles. The Morgan fingerprint density at radius 1 is 1.26 bits per heavy atom. The summed E-state index contributed by atoms with van der Waals surface area (Å²) in [6.07, 6.45) is 4.02. The zero-order valence-corrected chi connectivity index (χ0v) is 15.3. The third-order valence-corrected chi connectivity index (χ3v) is 5.38. The molecule has 9 heteroatoms. The monoisotopic (exact) mass is 375 g/mol. The van der Waals surface area contributed by atoms with Crippen LogP contribution < -0.4 is 5.32 Å². The van der Waals surface area contributed by atoms with Gasteiger partial charge >= 0.3 is 0 Å². The first-order valence-corrected chi connectivity index (χ1v) is 9.58. The van der Waals surface area contributed by atoms with Crippen LogP contribution in [0.1, 0.15) is 51.7 Å². The Labute approximate surface area is 156 Å². The Morgan fingerprint density at radius 2 is 2.04 bits per heavy atom. The number of hydrogen-bond donors (Lipinski definition) is 3. The predicted octanol–water partition coefficient (Wildman–Crippen LogP) is 1.17. The van der Waals surface area contributed by atoms with Gasteiger partial charge in [0.15, 0.2) is 29.0 Å². The standard InChI is InChI=1S/C18H25N5O4/c1-2-5-11(24)15-13(25)14(26)18(27-15)23-9-21-12-16(19-8-20-17(12)23)22-10-6-3-4-7-10/h8-10,13-15,18,25-26H,2-7H2,1H3,(H,19,20,22)/t13-,14+,15+,18+/m1/s1. The highest BCUT2D eigenvalue weighted by Gasteiger charge is 2.47. The van der Waals surface area contributed by atoms with E-state index in [0.717, 1.165) is 12.8 Å². The highest BCUT2D eigenvalue weighted by molar-refractivity contribution is 5.84. The summed E-state index contributed by atoms with van der Waals surface area (Å²) in [7, 11) is 0. The number of aromatic nitrogens is 4. The molecule has 1 saturated heterocycles. The number of anilines is 1. The van der Waals surface area contributed by atoms with Gasteiger partial charge in [0.2, 0.25) is 0 Å². The van der Waals surface area contributed by atoms with E-state index in [0.29, 0.717) is 35.9 Å². The zero-order valence-electron chi connectivity index (χ0n) is 15.3. The van der Waals surface area contributed by atoms with Gasteiger partial charge in [-0.2, -0.15) is 0 Å². The van der Waals surface area contributed by atoms with Crippen molar-refractivity contribution in [3.63, 3.8) is 0 Å². The van der Waals surface area contributed by atoms with Crippen LogP contribution in [-0.2, 0) is 9.53 Å². The maximum atomic E-state index is 12.2. The number of nitrogens with zero attached hydrogens (tertiary/aromatic N) is 4. The summed E-state index contributed by atoms with van der Waals surface area (Å²) in [5, 5.41) is 24.1. The van der Waals surface area contributed by atoms with Crippen LogP contribution in [0.5, 0.6) is 0 Å². The number of ether oxygens (including phenoxy) is 1. The minimum atomic E-state index is -1.27. The lowest BCUT2D eigenvalue weighted by Gasteiger charge is -2.17. The largest absolute Gasteiger partial charge is 0.387 e. The molecule has 1 saturated carbocycles. The third kappa shape index (κ3) is 3.30. The van der Waals surface area contributed by atoms with Gasteiger partial charge in [0.1, 0.15) is 24.6 Å². The fourth-order valence-corrected chi connectivity index (χ4v) is 3.95. The second-order valence-corrected chi connectivity index (χ2v) is 7.32. The molecule has 0 bridgehead atoms. The van der Waals surface area contributed by atoms with Crippen molar-refractivity contribution >= 4 is 22.8 Å². The molecule has 2 aliphatic rings. The lowest BCUT2D eigenvalue weighted by molar-refractivity contribution is -0.135. The SMILES string of the molecule is CCCC(=O)[C@@H]1O[C@H](n2cnc3c(NC4CCCC4)ncnc32)[C@@H](O)[C@H]1O. The summed E-state index contributed by atoms with van der Waals surface area (Å²) in [4.78, 5) is 25.1. The van der Waals surface area contributed by atoms with Gasteiger partial charge in [-0.25, -0.2) is 15.0 Å².